The van der Waals surface area contributed by atoms with Gasteiger partial charge in [0.25, 0.3) is 0 Å². The number of methoxy groups -OCH3 is 1. The second-order valence-electron chi connectivity index (χ2n) is 7.71. The Kier molecular flexibility index (Phi) is 7.09. The zero-order valence-electron chi connectivity index (χ0n) is 17.7. The van der Waals surface area contributed by atoms with Gasteiger partial charge in [-0.2, -0.15) is 0 Å². The van der Waals surface area contributed by atoms with Gasteiger partial charge in [0.05, 0.1) is 24.5 Å². The Hall–Kier alpha value is -2.75. The summed E-state index contributed by atoms with van der Waals surface area (Å²) in [5.41, 5.74) is 2.50. The lowest BCUT2D eigenvalue weighted by Crippen LogP contribution is -2.42. The van der Waals surface area contributed by atoms with Crippen molar-refractivity contribution in [2.24, 2.45) is 11.1 Å². The lowest BCUT2D eigenvalue weighted by atomic mass is 10.1. The van der Waals surface area contributed by atoms with Crippen molar-refractivity contribution in [3.63, 3.8) is 0 Å². The maximum absolute atomic E-state index is 13.1. The van der Waals surface area contributed by atoms with Crippen LogP contribution in [0.15, 0.2) is 53.4 Å². The van der Waals surface area contributed by atoms with E-state index in [4.69, 9.17) is 9.88 Å². The van der Waals surface area contributed by atoms with Crippen LogP contribution >= 0.6 is 0 Å². The molecule has 0 saturated carbocycles. The summed E-state index contributed by atoms with van der Waals surface area (Å²) in [4.78, 5) is 28.7. The van der Waals surface area contributed by atoms with E-state index in [1.54, 1.807) is 17.9 Å². The Labute approximate surface area is 182 Å². The molecule has 3 rings (SSSR count). The topological polar surface area (TPSA) is 110 Å². The van der Waals surface area contributed by atoms with Crippen LogP contribution in [-0.2, 0) is 37.3 Å². The number of nitrogens with two attached hydrogens (primary N) is 1. The van der Waals surface area contributed by atoms with Crippen LogP contribution in [0.1, 0.15) is 18.1 Å². The van der Waals surface area contributed by atoms with E-state index in [0.717, 1.165) is 11.1 Å². The third kappa shape index (κ3) is 5.69. The fraction of sp³-hybridized carbons (Fsp3) is 0.364. The first-order valence-electron chi connectivity index (χ1n) is 9.99. The van der Waals surface area contributed by atoms with Gasteiger partial charge in [-0.3, -0.25) is 14.5 Å². The average molecular weight is 446 g/mol. The number of sulfonamides is 1. The molecule has 0 fully saturated rings. The smallest absolute Gasteiger partial charge is 0.309 e. The number of anilines is 1. The largest absolute Gasteiger partial charge is 0.469 e. The molecule has 0 saturated heterocycles. The minimum atomic E-state index is -3.80. The van der Waals surface area contributed by atoms with Crippen molar-refractivity contribution >= 4 is 27.6 Å². The first-order valence-corrected chi connectivity index (χ1v) is 11.5. The number of primary sulfonamides is 1. The number of amides is 1. The molecule has 1 atom stereocenters. The fourth-order valence-electron chi connectivity index (χ4n) is 3.78. The first-order chi connectivity index (χ1) is 14.7. The van der Waals surface area contributed by atoms with Gasteiger partial charge in [-0.15, -0.1) is 0 Å². The van der Waals surface area contributed by atoms with Crippen LogP contribution in [0.2, 0.25) is 0 Å². The van der Waals surface area contributed by atoms with E-state index < -0.39 is 10.0 Å². The molecule has 2 aromatic rings. The second kappa shape index (κ2) is 9.59. The van der Waals surface area contributed by atoms with E-state index in [0.29, 0.717) is 31.7 Å². The molecular weight excluding hydrogens is 418 g/mol. The molecule has 8 nitrogen and oxygen atoms in total. The second-order valence-corrected chi connectivity index (χ2v) is 9.27. The van der Waals surface area contributed by atoms with Gasteiger partial charge in [0.2, 0.25) is 15.9 Å². The van der Waals surface area contributed by atoms with Crippen LogP contribution in [0.4, 0.5) is 5.69 Å². The zero-order valence-corrected chi connectivity index (χ0v) is 18.5. The van der Waals surface area contributed by atoms with Crippen molar-refractivity contribution < 1.29 is 22.7 Å². The molecular formula is C22H27N3O5S. The highest BCUT2D eigenvalue weighted by Gasteiger charge is 2.28. The van der Waals surface area contributed by atoms with E-state index in [1.165, 1.54) is 19.2 Å². The number of carbonyl (C=O) groups is 2. The number of benzene rings is 2. The molecule has 1 aliphatic rings. The summed E-state index contributed by atoms with van der Waals surface area (Å²) >= 11 is 0. The molecule has 1 aliphatic heterocycles. The normalized spacial score (nSPS) is 14.4. The monoisotopic (exact) mass is 445 g/mol. The highest BCUT2D eigenvalue weighted by Crippen LogP contribution is 2.30. The molecule has 31 heavy (non-hydrogen) atoms. The van der Waals surface area contributed by atoms with Gasteiger partial charge < -0.3 is 9.64 Å². The quantitative estimate of drug-likeness (QED) is 0.617. The van der Waals surface area contributed by atoms with Gasteiger partial charge in [-0.1, -0.05) is 37.3 Å². The van der Waals surface area contributed by atoms with Crippen LogP contribution in [-0.4, -0.2) is 51.9 Å². The summed E-state index contributed by atoms with van der Waals surface area (Å²) in [5, 5.41) is 5.21. The summed E-state index contributed by atoms with van der Waals surface area (Å²) in [6, 6.07) is 14.3. The third-order valence-electron chi connectivity index (χ3n) is 5.32. The van der Waals surface area contributed by atoms with Crippen molar-refractivity contribution in [2.75, 3.05) is 31.6 Å². The number of hydrogen-bond acceptors (Lipinski definition) is 6. The molecule has 0 radical (unpaired) electrons. The summed E-state index contributed by atoms with van der Waals surface area (Å²) in [6.07, 6.45) is 0.557. The summed E-state index contributed by atoms with van der Waals surface area (Å²) in [5.74, 6) is -0.827. The number of fused-ring (bicyclic) bond motifs is 1. The number of ether oxygens (including phenoxy) is 1. The number of esters is 1. The number of carbonyl (C=O) groups excluding carboxylic acids is 2. The third-order valence-corrected chi connectivity index (χ3v) is 6.23. The Balaban J connectivity index is 1.77. The molecule has 9 heteroatoms. The SMILES string of the molecule is COC(=O)[C@H](C)CN(CC(=O)N1CCc2cc(S(N)(=O)=O)ccc21)Cc1ccccc1. The predicted molar refractivity (Wildman–Crippen MR) is 117 cm³/mol. The van der Waals surface area contributed by atoms with Gasteiger partial charge in [-0.05, 0) is 35.7 Å². The van der Waals surface area contributed by atoms with Gasteiger partial charge in [0, 0.05) is 25.3 Å². The van der Waals surface area contributed by atoms with E-state index in [-0.39, 0.29) is 29.2 Å². The molecule has 2 N–H and O–H groups in total. The Morgan fingerprint density at radius 1 is 1.19 bits per heavy atom. The van der Waals surface area contributed by atoms with Gasteiger partial charge in [0.15, 0.2) is 0 Å². The maximum Gasteiger partial charge on any atom is 0.309 e. The summed E-state index contributed by atoms with van der Waals surface area (Å²) in [7, 11) is -2.45. The number of nitrogens with zero attached hydrogens (tertiary/aromatic N) is 2. The van der Waals surface area contributed by atoms with Crippen molar-refractivity contribution in [3.05, 3.63) is 59.7 Å². The van der Waals surface area contributed by atoms with E-state index >= 15 is 0 Å². The molecule has 166 valence electrons. The minimum absolute atomic E-state index is 0.0400. The highest BCUT2D eigenvalue weighted by molar-refractivity contribution is 7.89. The molecule has 1 heterocycles. The van der Waals surface area contributed by atoms with Crippen LogP contribution in [0, 0.1) is 5.92 Å². The van der Waals surface area contributed by atoms with Crippen LogP contribution in [0.25, 0.3) is 0 Å². The van der Waals surface area contributed by atoms with Gasteiger partial charge in [-0.25, -0.2) is 13.6 Å². The Morgan fingerprint density at radius 3 is 2.55 bits per heavy atom. The van der Waals surface area contributed by atoms with Gasteiger partial charge in [0.1, 0.15) is 0 Å². The average Bonchev–Trinajstić information content (AvgIpc) is 3.16. The van der Waals surface area contributed by atoms with Crippen molar-refractivity contribution in [3.8, 4) is 0 Å². The predicted octanol–water partition coefficient (Wildman–Crippen LogP) is 1.53. The Morgan fingerprint density at radius 2 is 1.90 bits per heavy atom. The molecule has 0 aromatic heterocycles. The molecule has 0 unspecified atom stereocenters. The lowest BCUT2D eigenvalue weighted by molar-refractivity contribution is -0.145. The van der Waals surface area contributed by atoms with Gasteiger partial charge >= 0.3 is 5.97 Å². The highest BCUT2D eigenvalue weighted by atomic mass is 32.2. The van der Waals surface area contributed by atoms with E-state index in [9.17, 15) is 18.0 Å². The lowest BCUT2D eigenvalue weighted by Gasteiger charge is -2.27. The molecule has 1 amide bonds. The standard InChI is InChI=1S/C22H27N3O5S/c1-16(22(27)30-2)13-24(14-17-6-4-3-5-7-17)15-21(26)25-11-10-18-12-19(31(23,28)29)8-9-20(18)25/h3-9,12,16H,10-11,13-15H2,1-2H3,(H2,23,28,29)/t16-/m1/s1. The van der Waals surface area contributed by atoms with Crippen molar-refractivity contribution in [1.29, 1.82) is 0 Å². The Bertz CT molecular complexity index is 1060. The van der Waals surface area contributed by atoms with Crippen LogP contribution < -0.4 is 10.0 Å². The molecule has 2 aromatic carbocycles. The van der Waals surface area contributed by atoms with Crippen molar-refractivity contribution in [2.45, 2.75) is 24.8 Å². The maximum atomic E-state index is 13.1. The molecule has 0 spiro atoms. The summed E-state index contributed by atoms with van der Waals surface area (Å²) in [6.45, 7) is 3.24. The van der Waals surface area contributed by atoms with Crippen LogP contribution in [0.3, 0.4) is 0 Å². The number of rotatable bonds is 8. The van der Waals surface area contributed by atoms with E-state index in [2.05, 4.69) is 0 Å². The molecule has 0 bridgehead atoms. The fourth-order valence-corrected chi connectivity index (χ4v) is 4.34. The number of hydrogen-bond donors (Lipinski definition) is 1. The summed E-state index contributed by atoms with van der Waals surface area (Å²) < 4.78 is 28.0. The molecule has 0 aliphatic carbocycles. The minimum Gasteiger partial charge on any atom is -0.469 e. The van der Waals surface area contributed by atoms with Crippen LogP contribution in [0.5, 0.6) is 0 Å². The zero-order chi connectivity index (χ0) is 22.6. The van der Waals surface area contributed by atoms with E-state index in [1.807, 2.05) is 35.2 Å². The first kappa shape index (κ1) is 22.9. The van der Waals surface area contributed by atoms with Crippen molar-refractivity contribution in [1.82, 2.24) is 4.90 Å².